The maximum absolute atomic E-state index is 13.2. The molecule has 0 spiro atoms. The predicted molar refractivity (Wildman–Crippen MR) is 116 cm³/mol. The number of amides is 1. The van der Waals surface area contributed by atoms with Crippen molar-refractivity contribution in [2.45, 2.75) is 19.4 Å². The van der Waals surface area contributed by atoms with E-state index in [1.165, 1.54) is 10.9 Å². The summed E-state index contributed by atoms with van der Waals surface area (Å²) in [6.45, 7) is 4.60. The number of hydrogen-bond acceptors (Lipinski definition) is 4. The van der Waals surface area contributed by atoms with Gasteiger partial charge in [-0.1, -0.05) is 36.7 Å². The zero-order chi connectivity index (χ0) is 20.4. The average Bonchev–Trinajstić information content (AvgIpc) is 2.76. The number of halogens is 1. The fourth-order valence-electron chi connectivity index (χ4n) is 3.86. The molecule has 7 heteroatoms. The number of aromatic nitrogens is 2. The lowest BCUT2D eigenvalue weighted by molar-refractivity contribution is -0.135. The van der Waals surface area contributed by atoms with Gasteiger partial charge in [0.05, 0.1) is 17.2 Å². The monoisotopic (exact) mass is 410 g/mol. The first-order chi connectivity index (χ1) is 14.1. The highest BCUT2D eigenvalue weighted by molar-refractivity contribution is 6.30. The van der Waals surface area contributed by atoms with Gasteiger partial charge in [-0.05, 0) is 36.8 Å². The maximum atomic E-state index is 13.2. The molecule has 2 heterocycles. The molecule has 3 aromatic rings. The molecule has 1 fully saturated rings. The van der Waals surface area contributed by atoms with Gasteiger partial charge in [-0.2, -0.15) is 0 Å². The molecular weight excluding hydrogens is 388 g/mol. The van der Waals surface area contributed by atoms with E-state index in [4.69, 9.17) is 11.6 Å². The lowest BCUT2D eigenvalue weighted by Crippen LogP contribution is -2.51. The third-order valence-corrected chi connectivity index (χ3v) is 5.70. The number of piperazine rings is 1. The van der Waals surface area contributed by atoms with E-state index in [2.05, 4.69) is 9.88 Å². The highest BCUT2D eigenvalue weighted by Gasteiger charge is 2.28. The van der Waals surface area contributed by atoms with Crippen LogP contribution >= 0.6 is 11.6 Å². The molecule has 1 amide bonds. The molecule has 0 bridgehead atoms. The molecule has 0 aliphatic carbocycles. The smallest absolute Gasteiger partial charge is 0.261 e. The average molecular weight is 411 g/mol. The number of anilines is 1. The maximum Gasteiger partial charge on any atom is 0.261 e. The van der Waals surface area contributed by atoms with E-state index in [0.29, 0.717) is 35.4 Å². The van der Waals surface area contributed by atoms with Crippen LogP contribution in [0.15, 0.2) is 59.7 Å². The molecule has 1 aliphatic rings. The highest BCUT2D eigenvalue weighted by Crippen LogP contribution is 2.22. The topological polar surface area (TPSA) is 58.4 Å². The first kappa shape index (κ1) is 19.5. The Bertz CT molecular complexity index is 1090. The Labute approximate surface area is 174 Å². The van der Waals surface area contributed by atoms with E-state index < -0.39 is 6.04 Å². The van der Waals surface area contributed by atoms with Gasteiger partial charge in [0.1, 0.15) is 6.04 Å². The van der Waals surface area contributed by atoms with Gasteiger partial charge in [0, 0.05) is 36.9 Å². The van der Waals surface area contributed by atoms with Crippen molar-refractivity contribution in [3.8, 4) is 0 Å². The summed E-state index contributed by atoms with van der Waals surface area (Å²) < 4.78 is 1.48. The molecule has 150 valence electrons. The van der Waals surface area contributed by atoms with E-state index in [1.54, 1.807) is 12.1 Å². The van der Waals surface area contributed by atoms with Crippen LogP contribution in [-0.4, -0.2) is 46.5 Å². The Balaban J connectivity index is 1.52. The van der Waals surface area contributed by atoms with Gasteiger partial charge in [-0.15, -0.1) is 0 Å². The van der Waals surface area contributed by atoms with Crippen LogP contribution in [0, 0.1) is 0 Å². The molecule has 0 N–H and O–H groups in total. The molecule has 4 rings (SSSR count). The minimum absolute atomic E-state index is 0.0302. The molecular formula is C22H23ClN4O2. The molecule has 1 unspecified atom stereocenters. The number of nitrogens with zero attached hydrogens (tertiary/aromatic N) is 4. The van der Waals surface area contributed by atoms with Crippen molar-refractivity contribution >= 4 is 34.1 Å². The lowest BCUT2D eigenvalue weighted by atomic mass is 10.1. The normalized spacial score (nSPS) is 15.5. The third kappa shape index (κ3) is 3.85. The summed E-state index contributed by atoms with van der Waals surface area (Å²) in [7, 11) is 0. The van der Waals surface area contributed by atoms with Crippen LogP contribution in [0.3, 0.4) is 0 Å². The molecule has 0 saturated carbocycles. The van der Waals surface area contributed by atoms with Crippen LogP contribution in [0.1, 0.15) is 19.4 Å². The van der Waals surface area contributed by atoms with Crippen molar-refractivity contribution in [2.24, 2.45) is 0 Å². The fraction of sp³-hybridized carbons (Fsp3) is 0.318. The van der Waals surface area contributed by atoms with Crippen molar-refractivity contribution in [2.75, 3.05) is 31.1 Å². The van der Waals surface area contributed by atoms with Crippen molar-refractivity contribution < 1.29 is 4.79 Å². The number of fused-ring (bicyclic) bond motifs is 1. The van der Waals surface area contributed by atoms with E-state index in [0.717, 1.165) is 18.8 Å². The Kier molecular flexibility index (Phi) is 5.53. The summed E-state index contributed by atoms with van der Waals surface area (Å²) in [5, 5.41) is 1.24. The van der Waals surface area contributed by atoms with Crippen LogP contribution < -0.4 is 10.5 Å². The van der Waals surface area contributed by atoms with Crippen LogP contribution in [0.5, 0.6) is 0 Å². The molecule has 0 radical (unpaired) electrons. The summed E-state index contributed by atoms with van der Waals surface area (Å²) in [5.41, 5.74) is 1.53. The summed E-state index contributed by atoms with van der Waals surface area (Å²) >= 11 is 6.10. The quantitative estimate of drug-likeness (QED) is 0.661. The first-order valence-corrected chi connectivity index (χ1v) is 10.2. The number of carbonyl (C=O) groups is 1. The van der Waals surface area contributed by atoms with Gasteiger partial charge < -0.3 is 9.80 Å². The summed E-state index contributed by atoms with van der Waals surface area (Å²) in [6, 6.07) is 14.4. The van der Waals surface area contributed by atoms with Gasteiger partial charge in [0.15, 0.2) is 0 Å². The standard InChI is InChI=1S/C22H23ClN4O2/c1-2-20(27-15-24-19-9-4-3-8-18(19)21(27)28)22(29)26-12-10-25(11-13-26)17-7-5-6-16(23)14-17/h3-9,14-15,20H,2,10-13H2,1H3. The van der Waals surface area contributed by atoms with Gasteiger partial charge >= 0.3 is 0 Å². The van der Waals surface area contributed by atoms with E-state index in [1.807, 2.05) is 48.2 Å². The Morgan fingerprint density at radius 3 is 2.59 bits per heavy atom. The third-order valence-electron chi connectivity index (χ3n) is 5.46. The zero-order valence-electron chi connectivity index (χ0n) is 16.3. The van der Waals surface area contributed by atoms with Gasteiger partial charge in [0.25, 0.3) is 5.56 Å². The van der Waals surface area contributed by atoms with Crippen LogP contribution in [-0.2, 0) is 4.79 Å². The van der Waals surface area contributed by atoms with Crippen molar-refractivity contribution in [1.29, 1.82) is 0 Å². The summed E-state index contributed by atoms with van der Waals surface area (Å²) in [6.07, 6.45) is 2.03. The summed E-state index contributed by atoms with van der Waals surface area (Å²) in [4.78, 5) is 34.6. The predicted octanol–water partition coefficient (Wildman–Crippen LogP) is 3.35. The number of carbonyl (C=O) groups excluding carboxylic acids is 1. The highest BCUT2D eigenvalue weighted by atomic mass is 35.5. The minimum atomic E-state index is -0.544. The molecule has 6 nitrogen and oxygen atoms in total. The van der Waals surface area contributed by atoms with Crippen molar-refractivity contribution in [3.05, 3.63) is 70.2 Å². The van der Waals surface area contributed by atoms with Crippen LogP contribution in [0.2, 0.25) is 5.02 Å². The number of benzene rings is 2. The van der Waals surface area contributed by atoms with E-state index >= 15 is 0 Å². The zero-order valence-corrected chi connectivity index (χ0v) is 17.0. The second-order valence-corrected chi connectivity index (χ2v) is 7.63. The van der Waals surface area contributed by atoms with Gasteiger partial charge in [-0.25, -0.2) is 4.98 Å². The van der Waals surface area contributed by atoms with E-state index in [-0.39, 0.29) is 11.5 Å². The largest absolute Gasteiger partial charge is 0.368 e. The minimum Gasteiger partial charge on any atom is -0.368 e. The number of hydrogen-bond donors (Lipinski definition) is 0. The SMILES string of the molecule is CCC(C(=O)N1CCN(c2cccc(Cl)c2)CC1)n1cnc2ccccc2c1=O. The van der Waals surface area contributed by atoms with Gasteiger partial charge in [-0.3, -0.25) is 14.2 Å². The number of para-hydroxylation sites is 1. The van der Waals surface area contributed by atoms with Crippen LogP contribution in [0.4, 0.5) is 5.69 Å². The first-order valence-electron chi connectivity index (χ1n) is 9.83. The second-order valence-electron chi connectivity index (χ2n) is 7.19. The van der Waals surface area contributed by atoms with Crippen molar-refractivity contribution in [1.82, 2.24) is 14.5 Å². The molecule has 1 saturated heterocycles. The number of rotatable bonds is 4. The second kappa shape index (κ2) is 8.25. The van der Waals surface area contributed by atoms with Gasteiger partial charge in [0.2, 0.25) is 5.91 Å². The Morgan fingerprint density at radius 1 is 1.10 bits per heavy atom. The molecule has 1 atom stereocenters. The lowest BCUT2D eigenvalue weighted by Gasteiger charge is -2.37. The Morgan fingerprint density at radius 2 is 1.86 bits per heavy atom. The summed E-state index contributed by atoms with van der Waals surface area (Å²) in [5.74, 6) is -0.0302. The van der Waals surface area contributed by atoms with Crippen LogP contribution in [0.25, 0.3) is 10.9 Å². The van der Waals surface area contributed by atoms with Crippen molar-refractivity contribution in [3.63, 3.8) is 0 Å². The molecule has 1 aromatic heterocycles. The molecule has 1 aliphatic heterocycles. The molecule has 2 aromatic carbocycles. The van der Waals surface area contributed by atoms with E-state index in [9.17, 15) is 9.59 Å². The fourth-order valence-corrected chi connectivity index (χ4v) is 4.05. The molecule has 29 heavy (non-hydrogen) atoms. The Hall–Kier alpha value is -2.86.